The topological polar surface area (TPSA) is 29.1 Å². The van der Waals surface area contributed by atoms with Gasteiger partial charge in [-0.3, -0.25) is 4.79 Å². The Balaban J connectivity index is 2.47. The number of para-hydroxylation sites is 1. The number of nitrogens with one attached hydrogen (secondary N) is 1. The van der Waals surface area contributed by atoms with Gasteiger partial charge in [-0.05, 0) is 19.1 Å². The Morgan fingerprint density at radius 2 is 2.17 bits per heavy atom. The molecule has 1 atom stereocenters. The zero-order valence-corrected chi connectivity index (χ0v) is 7.00. The second-order valence-electron chi connectivity index (χ2n) is 3.22. The van der Waals surface area contributed by atoms with Crippen LogP contribution in [0.2, 0.25) is 0 Å². The zero-order valence-electron chi connectivity index (χ0n) is 7.00. The molecule has 0 unspecified atom stereocenters. The summed E-state index contributed by atoms with van der Waals surface area (Å²) in [5, 5.41) is 3.27. The van der Waals surface area contributed by atoms with Crippen molar-refractivity contribution in [2.45, 2.75) is 19.4 Å². The molecule has 1 aromatic rings. The van der Waals surface area contributed by atoms with Gasteiger partial charge in [-0.1, -0.05) is 12.1 Å². The minimum Gasteiger partial charge on any atom is -0.382 e. The van der Waals surface area contributed by atoms with Gasteiger partial charge in [0.15, 0.2) is 5.78 Å². The first-order valence-corrected chi connectivity index (χ1v) is 4.16. The van der Waals surface area contributed by atoms with Gasteiger partial charge in [-0.2, -0.15) is 0 Å². The number of anilines is 1. The fraction of sp³-hybridized carbons (Fsp3) is 0.300. The zero-order chi connectivity index (χ0) is 8.55. The molecule has 0 saturated heterocycles. The standard InChI is InChI=1S/C10H11NO/c1-7-6-10(12)8-4-2-3-5-9(8)11-7/h2-5,7,11H,6H2,1H3/t7-/m1/s1. The van der Waals surface area contributed by atoms with Crippen LogP contribution >= 0.6 is 0 Å². The van der Waals surface area contributed by atoms with E-state index in [4.69, 9.17) is 0 Å². The Kier molecular flexibility index (Phi) is 1.61. The first-order valence-electron chi connectivity index (χ1n) is 4.16. The van der Waals surface area contributed by atoms with E-state index in [0.717, 1.165) is 11.3 Å². The molecule has 2 heteroatoms. The van der Waals surface area contributed by atoms with E-state index in [9.17, 15) is 4.79 Å². The summed E-state index contributed by atoms with van der Waals surface area (Å²) >= 11 is 0. The van der Waals surface area contributed by atoms with E-state index in [-0.39, 0.29) is 11.8 Å². The first kappa shape index (κ1) is 7.35. The molecule has 62 valence electrons. The van der Waals surface area contributed by atoms with E-state index in [1.165, 1.54) is 0 Å². The summed E-state index contributed by atoms with van der Waals surface area (Å²) in [6.07, 6.45) is 0.608. The average molecular weight is 161 g/mol. The van der Waals surface area contributed by atoms with Crippen molar-refractivity contribution in [3.63, 3.8) is 0 Å². The maximum Gasteiger partial charge on any atom is 0.166 e. The number of carbonyl (C=O) groups excluding carboxylic acids is 1. The van der Waals surface area contributed by atoms with E-state index in [1.54, 1.807) is 0 Å². The van der Waals surface area contributed by atoms with Gasteiger partial charge >= 0.3 is 0 Å². The van der Waals surface area contributed by atoms with Gasteiger partial charge in [0.25, 0.3) is 0 Å². The van der Waals surface area contributed by atoms with Gasteiger partial charge in [0.2, 0.25) is 0 Å². The molecular weight excluding hydrogens is 150 g/mol. The summed E-state index contributed by atoms with van der Waals surface area (Å²) in [5.41, 5.74) is 1.80. The van der Waals surface area contributed by atoms with Crippen LogP contribution in [0.5, 0.6) is 0 Å². The average Bonchev–Trinajstić information content (AvgIpc) is 2.04. The molecule has 0 spiro atoms. The van der Waals surface area contributed by atoms with Gasteiger partial charge in [-0.15, -0.1) is 0 Å². The third-order valence-electron chi connectivity index (χ3n) is 2.12. The third kappa shape index (κ3) is 1.09. The lowest BCUT2D eigenvalue weighted by Gasteiger charge is -2.22. The summed E-state index contributed by atoms with van der Waals surface area (Å²) in [6.45, 7) is 2.02. The predicted octanol–water partition coefficient (Wildman–Crippen LogP) is 2.07. The Morgan fingerprint density at radius 3 is 3.00 bits per heavy atom. The Bertz CT molecular complexity index is 319. The smallest absolute Gasteiger partial charge is 0.166 e. The van der Waals surface area contributed by atoms with E-state index in [1.807, 2.05) is 31.2 Å². The van der Waals surface area contributed by atoms with E-state index >= 15 is 0 Å². The van der Waals surface area contributed by atoms with Gasteiger partial charge in [0.1, 0.15) is 0 Å². The highest BCUT2D eigenvalue weighted by atomic mass is 16.1. The van der Waals surface area contributed by atoms with Crippen LogP contribution in [0.3, 0.4) is 0 Å². The number of hydrogen-bond donors (Lipinski definition) is 1. The summed E-state index contributed by atoms with van der Waals surface area (Å²) in [6, 6.07) is 7.93. The molecular formula is C10H11NO. The minimum atomic E-state index is 0.247. The molecule has 1 aliphatic rings. The molecule has 0 radical (unpaired) electrons. The fourth-order valence-corrected chi connectivity index (χ4v) is 1.56. The molecule has 0 fully saturated rings. The van der Waals surface area contributed by atoms with Crippen molar-refractivity contribution in [1.82, 2.24) is 0 Å². The van der Waals surface area contributed by atoms with E-state index < -0.39 is 0 Å². The van der Waals surface area contributed by atoms with Crippen LogP contribution in [-0.4, -0.2) is 11.8 Å². The second-order valence-corrected chi connectivity index (χ2v) is 3.22. The lowest BCUT2D eigenvalue weighted by Crippen LogP contribution is -2.26. The lowest BCUT2D eigenvalue weighted by molar-refractivity contribution is 0.0974. The molecule has 2 rings (SSSR count). The molecule has 1 aliphatic heterocycles. The number of ketones is 1. The highest BCUT2D eigenvalue weighted by molar-refractivity contribution is 6.03. The van der Waals surface area contributed by atoms with Crippen LogP contribution in [0.4, 0.5) is 5.69 Å². The second kappa shape index (κ2) is 2.63. The molecule has 1 N–H and O–H groups in total. The van der Waals surface area contributed by atoms with Gasteiger partial charge in [-0.25, -0.2) is 0 Å². The molecule has 0 amide bonds. The van der Waals surface area contributed by atoms with E-state index in [2.05, 4.69) is 5.32 Å². The molecule has 1 heterocycles. The molecule has 0 bridgehead atoms. The van der Waals surface area contributed by atoms with Crippen molar-refractivity contribution in [3.8, 4) is 0 Å². The number of hydrogen-bond acceptors (Lipinski definition) is 2. The van der Waals surface area contributed by atoms with E-state index in [0.29, 0.717) is 6.42 Å². The van der Waals surface area contributed by atoms with Crippen LogP contribution in [0, 0.1) is 0 Å². The molecule has 0 aromatic heterocycles. The van der Waals surface area contributed by atoms with Crippen LogP contribution in [-0.2, 0) is 0 Å². The number of fused-ring (bicyclic) bond motifs is 1. The summed E-state index contributed by atoms with van der Waals surface area (Å²) in [4.78, 5) is 11.5. The molecule has 0 aliphatic carbocycles. The normalized spacial score (nSPS) is 21.4. The SMILES string of the molecule is C[C@@H]1CC(=O)c2ccccc2N1. The van der Waals surface area contributed by atoms with Crippen molar-refractivity contribution in [2.24, 2.45) is 0 Å². The number of Topliss-reactive ketones (excluding diaryl/α,β-unsaturated/α-hetero) is 1. The number of carbonyl (C=O) groups is 1. The van der Waals surface area contributed by atoms with Crippen LogP contribution in [0.15, 0.2) is 24.3 Å². The Hall–Kier alpha value is -1.31. The number of rotatable bonds is 0. The highest BCUT2D eigenvalue weighted by Gasteiger charge is 2.20. The summed E-state index contributed by atoms with van der Waals surface area (Å²) in [7, 11) is 0. The van der Waals surface area contributed by atoms with Gasteiger partial charge in [0.05, 0.1) is 0 Å². The van der Waals surface area contributed by atoms with Crippen molar-refractivity contribution >= 4 is 11.5 Å². The molecule has 0 saturated carbocycles. The summed E-state index contributed by atoms with van der Waals surface area (Å²) < 4.78 is 0. The highest BCUT2D eigenvalue weighted by Crippen LogP contribution is 2.23. The molecule has 1 aromatic carbocycles. The van der Waals surface area contributed by atoms with Crippen LogP contribution in [0.25, 0.3) is 0 Å². The fourth-order valence-electron chi connectivity index (χ4n) is 1.56. The van der Waals surface area contributed by atoms with Crippen molar-refractivity contribution < 1.29 is 4.79 Å². The monoisotopic (exact) mass is 161 g/mol. The summed E-state index contributed by atoms with van der Waals surface area (Å²) in [5.74, 6) is 0.247. The van der Waals surface area contributed by atoms with Crippen LogP contribution < -0.4 is 5.32 Å². The first-order chi connectivity index (χ1) is 5.77. The van der Waals surface area contributed by atoms with Crippen molar-refractivity contribution in [3.05, 3.63) is 29.8 Å². The van der Waals surface area contributed by atoms with Gasteiger partial charge in [0, 0.05) is 23.7 Å². The quantitative estimate of drug-likeness (QED) is 0.631. The minimum absolute atomic E-state index is 0.247. The maximum absolute atomic E-state index is 11.5. The molecule has 12 heavy (non-hydrogen) atoms. The lowest BCUT2D eigenvalue weighted by atomic mass is 9.98. The maximum atomic E-state index is 11.5. The Morgan fingerprint density at radius 1 is 1.42 bits per heavy atom. The molecule has 2 nitrogen and oxygen atoms in total. The van der Waals surface area contributed by atoms with Gasteiger partial charge < -0.3 is 5.32 Å². The Labute approximate surface area is 71.6 Å². The predicted molar refractivity (Wildman–Crippen MR) is 48.5 cm³/mol. The van der Waals surface area contributed by atoms with Crippen molar-refractivity contribution in [1.29, 1.82) is 0 Å². The largest absolute Gasteiger partial charge is 0.382 e. The van der Waals surface area contributed by atoms with Crippen molar-refractivity contribution in [2.75, 3.05) is 5.32 Å². The number of benzene rings is 1. The third-order valence-corrected chi connectivity index (χ3v) is 2.12. The van der Waals surface area contributed by atoms with Crippen LogP contribution in [0.1, 0.15) is 23.7 Å².